The van der Waals surface area contributed by atoms with Gasteiger partial charge >= 0.3 is 0 Å². The first-order valence-electron chi connectivity index (χ1n) is 30.3. The van der Waals surface area contributed by atoms with Crippen molar-refractivity contribution < 1.29 is 64.6 Å². The van der Waals surface area contributed by atoms with Crippen LogP contribution in [0.4, 0.5) is 0 Å². The van der Waals surface area contributed by atoms with Crippen molar-refractivity contribution in [2.45, 2.75) is 344 Å². The van der Waals surface area contributed by atoms with Crippen LogP contribution < -0.4 is 5.32 Å². The summed E-state index contributed by atoms with van der Waals surface area (Å²) in [5.74, 6) is -0.201. The summed E-state index contributed by atoms with van der Waals surface area (Å²) in [4.78, 5) is 13.3. The maximum Gasteiger partial charge on any atom is 0.220 e. The van der Waals surface area contributed by atoms with E-state index in [1.807, 2.05) is 0 Å². The second kappa shape index (κ2) is 45.1. The maximum absolute atomic E-state index is 13.3. The Labute approximate surface area is 438 Å². The highest BCUT2D eigenvalue weighted by Gasteiger charge is 2.51. The second-order valence-electron chi connectivity index (χ2n) is 21.8. The van der Waals surface area contributed by atoms with E-state index in [2.05, 4.69) is 19.2 Å². The van der Waals surface area contributed by atoms with Gasteiger partial charge in [-0.3, -0.25) is 4.79 Å². The van der Waals surface area contributed by atoms with Crippen LogP contribution >= 0.6 is 0 Å². The lowest BCUT2D eigenvalue weighted by molar-refractivity contribution is -0.359. The second-order valence-corrected chi connectivity index (χ2v) is 21.8. The van der Waals surface area contributed by atoms with Crippen LogP contribution in [0.1, 0.15) is 271 Å². The summed E-state index contributed by atoms with van der Waals surface area (Å²) in [6, 6.07) is -0.821. The van der Waals surface area contributed by atoms with Crippen molar-refractivity contribution in [1.29, 1.82) is 0 Å². The fraction of sp³-hybridized carbons (Fsp3) is 0.983. The lowest BCUT2D eigenvalue weighted by atomic mass is 9.97. The molecule has 0 aliphatic carbocycles. The molecule has 0 aromatic heterocycles. The first-order valence-corrected chi connectivity index (χ1v) is 30.3. The molecular weight excluding hydrogens is 919 g/mol. The van der Waals surface area contributed by atoms with E-state index in [0.717, 1.165) is 51.4 Å². The number of hydrogen-bond acceptors (Lipinski definition) is 13. The zero-order valence-electron chi connectivity index (χ0n) is 46.0. The fourth-order valence-corrected chi connectivity index (χ4v) is 10.4. The molecule has 4 unspecified atom stereocenters. The minimum Gasteiger partial charge on any atom is -0.394 e. The summed E-state index contributed by atoms with van der Waals surface area (Å²) in [5, 5.41) is 87.1. The van der Waals surface area contributed by atoms with Crippen LogP contribution in [-0.4, -0.2) is 140 Å². The van der Waals surface area contributed by atoms with Crippen molar-refractivity contribution in [1.82, 2.24) is 5.32 Å². The van der Waals surface area contributed by atoms with Gasteiger partial charge < -0.3 is 65.1 Å². The molecule has 0 saturated carbocycles. The minimum atomic E-state index is -1.78. The van der Waals surface area contributed by atoms with E-state index in [4.69, 9.17) is 18.9 Å². The van der Waals surface area contributed by atoms with Crippen molar-refractivity contribution in [2.24, 2.45) is 0 Å². The van der Waals surface area contributed by atoms with Crippen LogP contribution in [0.2, 0.25) is 0 Å². The first kappa shape index (κ1) is 67.1. The van der Waals surface area contributed by atoms with Gasteiger partial charge in [0.25, 0.3) is 0 Å². The van der Waals surface area contributed by atoms with Crippen molar-refractivity contribution >= 4 is 5.91 Å². The van der Waals surface area contributed by atoms with Crippen molar-refractivity contribution in [3.8, 4) is 0 Å². The van der Waals surface area contributed by atoms with Gasteiger partial charge in [-0.15, -0.1) is 0 Å². The van der Waals surface area contributed by atoms with Crippen LogP contribution in [0, 0.1) is 0 Å². The number of carbonyl (C=O) groups is 1. The number of ether oxygens (including phenoxy) is 4. The average molecular weight is 1030 g/mol. The zero-order valence-corrected chi connectivity index (χ0v) is 46.0. The number of amides is 1. The quantitative estimate of drug-likeness (QED) is 0.0259. The first-order chi connectivity index (χ1) is 35.1. The van der Waals surface area contributed by atoms with E-state index < -0.39 is 86.8 Å². The highest BCUT2D eigenvalue weighted by atomic mass is 16.7. The van der Waals surface area contributed by atoms with Gasteiger partial charge in [0.15, 0.2) is 12.6 Å². The van der Waals surface area contributed by atoms with E-state index in [1.54, 1.807) is 0 Å². The Morgan fingerprint density at radius 1 is 0.444 bits per heavy atom. The summed E-state index contributed by atoms with van der Waals surface area (Å²) < 4.78 is 22.8. The molecule has 2 aliphatic rings. The van der Waals surface area contributed by atoms with Crippen LogP contribution in [0.5, 0.6) is 0 Å². The molecule has 2 fully saturated rings. The molecule has 2 rings (SSSR count). The summed E-state index contributed by atoms with van der Waals surface area (Å²) >= 11 is 0. The Hall–Kier alpha value is -1.01. The van der Waals surface area contributed by atoms with E-state index in [1.165, 1.54) is 193 Å². The Bertz CT molecular complexity index is 1220. The van der Waals surface area contributed by atoms with Gasteiger partial charge in [-0.1, -0.05) is 251 Å². The number of nitrogens with one attached hydrogen (secondary N) is 1. The van der Waals surface area contributed by atoms with Crippen LogP contribution in [0.15, 0.2) is 0 Å². The molecule has 9 N–H and O–H groups in total. The molecule has 1 amide bonds. The Morgan fingerprint density at radius 3 is 1.18 bits per heavy atom. The third kappa shape index (κ3) is 30.7. The molecule has 14 nitrogen and oxygen atoms in total. The molecule has 2 aliphatic heterocycles. The van der Waals surface area contributed by atoms with Gasteiger partial charge in [0.05, 0.1) is 32.0 Å². The molecule has 0 aromatic rings. The predicted octanol–water partition coefficient (Wildman–Crippen LogP) is 10.1. The van der Waals surface area contributed by atoms with Crippen molar-refractivity contribution in [2.75, 3.05) is 19.8 Å². The lowest BCUT2D eigenvalue weighted by Crippen LogP contribution is -2.65. The van der Waals surface area contributed by atoms with Gasteiger partial charge in [0.1, 0.15) is 48.8 Å². The van der Waals surface area contributed by atoms with E-state index in [-0.39, 0.29) is 12.5 Å². The molecular formula is C58H113NO13. The molecule has 2 heterocycles. The van der Waals surface area contributed by atoms with E-state index in [9.17, 15) is 45.6 Å². The van der Waals surface area contributed by atoms with Gasteiger partial charge in [0, 0.05) is 6.42 Å². The molecule has 0 radical (unpaired) electrons. The number of carbonyl (C=O) groups excluding carboxylic acids is 1. The average Bonchev–Trinajstić information content (AvgIpc) is 3.38. The highest BCUT2D eigenvalue weighted by Crippen LogP contribution is 2.30. The third-order valence-corrected chi connectivity index (χ3v) is 15.3. The molecule has 14 heteroatoms. The summed E-state index contributed by atoms with van der Waals surface area (Å²) in [6.07, 6.45) is 32.6. The monoisotopic (exact) mass is 1030 g/mol. The van der Waals surface area contributed by atoms with Gasteiger partial charge in [-0.2, -0.15) is 0 Å². The predicted molar refractivity (Wildman–Crippen MR) is 286 cm³/mol. The third-order valence-electron chi connectivity index (χ3n) is 15.3. The summed E-state index contributed by atoms with van der Waals surface area (Å²) in [5.41, 5.74) is 0. The number of hydrogen-bond donors (Lipinski definition) is 9. The number of unbranched alkanes of at least 4 members (excludes halogenated alkanes) is 36. The minimum absolute atomic E-state index is 0.201. The molecule has 0 aromatic carbocycles. The molecule has 2 saturated heterocycles. The Balaban J connectivity index is 1.67. The fourth-order valence-electron chi connectivity index (χ4n) is 10.4. The number of aliphatic hydroxyl groups excluding tert-OH is 8. The summed E-state index contributed by atoms with van der Waals surface area (Å²) in [7, 11) is 0. The molecule has 72 heavy (non-hydrogen) atoms. The lowest BCUT2D eigenvalue weighted by Gasteiger charge is -2.46. The van der Waals surface area contributed by atoms with E-state index >= 15 is 0 Å². The Kier molecular flexibility index (Phi) is 42.0. The maximum atomic E-state index is 13.3. The highest BCUT2D eigenvalue weighted by molar-refractivity contribution is 5.76. The number of rotatable bonds is 49. The standard InChI is InChI=1S/C58H113NO13/c1-3-5-7-9-11-13-15-17-18-19-20-21-22-23-24-25-26-27-28-29-30-32-34-36-38-40-42-50(63)59-46(47(62)41-39-37-35-33-31-16-14-12-10-8-6-4-2)45-69-57-55(68)53(66)56(49(44-61)71-57)72-58-54(67)52(65)51(64)48(43-60)70-58/h46-49,51-58,60-62,64-68H,3-45H2,1-2H3,(H,59,63)/t46-,47+,48+,49+,51-,52?,53?,54?,55?,56+,57+,58-/m0/s1. The topological polar surface area (TPSA) is 228 Å². The van der Waals surface area contributed by atoms with E-state index in [0.29, 0.717) is 12.8 Å². The molecule has 0 spiro atoms. The molecule has 428 valence electrons. The summed E-state index contributed by atoms with van der Waals surface area (Å²) in [6.45, 7) is 2.88. The normalized spacial score (nSPS) is 25.5. The van der Waals surface area contributed by atoms with Gasteiger partial charge in [0.2, 0.25) is 5.91 Å². The SMILES string of the molecule is CCCCCCCCCCCCCCCCCCCCCCCCCCCCC(=O)N[C@@H](CO[C@@H]1O[C@H](CO)[C@@H](O[C@@H]2O[C@H](CO)[C@H](O)C(O)C2O)C(O)C1O)[C@H](O)CCCCCCCCCCCCCC. The number of aliphatic hydroxyl groups is 8. The van der Waals surface area contributed by atoms with Crippen LogP contribution in [0.3, 0.4) is 0 Å². The van der Waals surface area contributed by atoms with Crippen molar-refractivity contribution in [3.63, 3.8) is 0 Å². The van der Waals surface area contributed by atoms with Crippen molar-refractivity contribution in [3.05, 3.63) is 0 Å². The Morgan fingerprint density at radius 2 is 0.792 bits per heavy atom. The van der Waals surface area contributed by atoms with Crippen LogP contribution in [-0.2, 0) is 23.7 Å². The smallest absolute Gasteiger partial charge is 0.220 e. The van der Waals surface area contributed by atoms with Gasteiger partial charge in [-0.25, -0.2) is 0 Å². The largest absolute Gasteiger partial charge is 0.394 e. The molecule has 12 atom stereocenters. The zero-order chi connectivity index (χ0) is 52.4. The van der Waals surface area contributed by atoms with Crippen LogP contribution in [0.25, 0.3) is 0 Å². The molecule has 0 bridgehead atoms. The van der Waals surface area contributed by atoms with Gasteiger partial charge in [-0.05, 0) is 12.8 Å².